The van der Waals surface area contributed by atoms with Gasteiger partial charge in [0.25, 0.3) is 10.0 Å². The van der Waals surface area contributed by atoms with E-state index >= 15 is 0 Å². The molecule has 4 rings (SSSR count). The highest BCUT2D eigenvalue weighted by molar-refractivity contribution is 7.94. The van der Waals surface area contributed by atoms with E-state index in [0.717, 1.165) is 42.2 Å². The first kappa shape index (κ1) is 24.3. The van der Waals surface area contributed by atoms with Gasteiger partial charge < -0.3 is 15.5 Å². The molecule has 7 nitrogen and oxygen atoms in total. The summed E-state index contributed by atoms with van der Waals surface area (Å²) in [5, 5.41) is 5.88. The molecule has 1 amide bonds. The summed E-state index contributed by atoms with van der Waals surface area (Å²) in [7, 11) is 0.0534. The van der Waals surface area contributed by atoms with Gasteiger partial charge in [-0.05, 0) is 87.4 Å². The molecular formula is C25H30N4O3S2. The number of nitrogens with zero attached hydrogens (tertiary/aromatic N) is 2. The van der Waals surface area contributed by atoms with E-state index in [0.29, 0.717) is 15.8 Å². The van der Waals surface area contributed by atoms with Gasteiger partial charge in [0.2, 0.25) is 5.91 Å². The van der Waals surface area contributed by atoms with Crippen molar-refractivity contribution in [1.29, 1.82) is 0 Å². The van der Waals surface area contributed by atoms with Gasteiger partial charge >= 0.3 is 0 Å². The normalized spacial score (nSPS) is 15.1. The number of anilines is 3. The van der Waals surface area contributed by atoms with Crippen LogP contribution in [0.25, 0.3) is 0 Å². The Balaban J connectivity index is 1.36. The summed E-state index contributed by atoms with van der Waals surface area (Å²) < 4.78 is 28.1. The molecule has 1 aromatic heterocycles. The van der Waals surface area contributed by atoms with Crippen LogP contribution in [0.15, 0.2) is 70.9 Å². The van der Waals surface area contributed by atoms with Crippen molar-refractivity contribution in [3.05, 3.63) is 71.6 Å². The fourth-order valence-corrected chi connectivity index (χ4v) is 6.82. The lowest BCUT2D eigenvalue weighted by atomic mass is 9.96. The molecular weight excluding hydrogens is 468 g/mol. The number of hydrogen-bond donors (Lipinski definition) is 2. The zero-order chi connectivity index (χ0) is 24.1. The number of carbonyl (C=O) groups excluding carboxylic acids is 1. The van der Waals surface area contributed by atoms with Gasteiger partial charge in [-0.25, -0.2) is 8.42 Å². The van der Waals surface area contributed by atoms with Crippen molar-refractivity contribution < 1.29 is 13.2 Å². The molecule has 0 spiro atoms. The number of para-hydroxylation sites is 1. The van der Waals surface area contributed by atoms with Crippen LogP contribution in [0.1, 0.15) is 23.6 Å². The van der Waals surface area contributed by atoms with E-state index in [9.17, 15) is 13.2 Å². The first-order valence-electron chi connectivity index (χ1n) is 11.3. The Hall–Kier alpha value is -2.88. The maximum absolute atomic E-state index is 13.2. The molecule has 1 saturated heterocycles. The van der Waals surface area contributed by atoms with Crippen LogP contribution in [0.3, 0.4) is 0 Å². The second-order valence-corrected chi connectivity index (χ2v) is 11.8. The number of hydrogen-bond acceptors (Lipinski definition) is 6. The lowest BCUT2D eigenvalue weighted by Crippen LogP contribution is -2.28. The second-order valence-electron chi connectivity index (χ2n) is 8.52. The average Bonchev–Trinajstić information content (AvgIpc) is 3.35. The van der Waals surface area contributed by atoms with E-state index in [1.807, 2.05) is 36.4 Å². The summed E-state index contributed by atoms with van der Waals surface area (Å²) >= 11 is 1.38. The third-order valence-corrected chi connectivity index (χ3v) is 9.58. The Morgan fingerprint density at radius 3 is 2.35 bits per heavy atom. The van der Waals surface area contributed by atoms with Gasteiger partial charge in [-0.15, -0.1) is 11.3 Å². The third-order valence-electron chi connectivity index (χ3n) is 6.08. The standard InChI is InChI=1S/C25H30N4O3S2/c1-28-16-14-19(15-17-28)23-12-13-25(33-23)34(31,32)29(2)22-10-8-20(9-11-22)26-18-24(30)27-21-6-4-3-5-7-21/h3-13,19,26H,14-18H2,1-2H3,(H,27,30). The minimum Gasteiger partial charge on any atom is -0.376 e. The summed E-state index contributed by atoms with van der Waals surface area (Å²) in [6.45, 7) is 2.19. The van der Waals surface area contributed by atoms with Crippen LogP contribution < -0.4 is 14.9 Å². The molecule has 0 bridgehead atoms. The average molecular weight is 499 g/mol. The van der Waals surface area contributed by atoms with Crippen LogP contribution in [0.2, 0.25) is 0 Å². The fraction of sp³-hybridized carbons (Fsp3) is 0.320. The number of nitrogens with one attached hydrogen (secondary N) is 2. The van der Waals surface area contributed by atoms with Gasteiger partial charge in [-0.3, -0.25) is 9.10 Å². The Kier molecular flexibility index (Phi) is 7.55. The molecule has 0 atom stereocenters. The van der Waals surface area contributed by atoms with Crippen molar-refractivity contribution in [2.24, 2.45) is 0 Å². The monoisotopic (exact) mass is 498 g/mol. The van der Waals surface area contributed by atoms with Crippen LogP contribution in [0.4, 0.5) is 17.1 Å². The summed E-state index contributed by atoms with van der Waals surface area (Å²) in [4.78, 5) is 15.6. The van der Waals surface area contributed by atoms with E-state index in [2.05, 4.69) is 22.6 Å². The predicted octanol–water partition coefficient (Wildman–Crippen LogP) is 4.43. The molecule has 0 radical (unpaired) electrons. The molecule has 1 fully saturated rings. The maximum Gasteiger partial charge on any atom is 0.273 e. The summed E-state index contributed by atoms with van der Waals surface area (Å²) in [5.41, 5.74) is 2.04. The number of piperidine rings is 1. The van der Waals surface area contributed by atoms with Gasteiger partial charge in [0.15, 0.2) is 0 Å². The SMILES string of the molecule is CN1CCC(c2ccc(S(=O)(=O)N(C)c3ccc(NCC(=O)Nc4ccccc4)cc3)s2)CC1. The molecule has 2 heterocycles. The van der Waals surface area contributed by atoms with Crippen molar-refractivity contribution in [1.82, 2.24) is 4.90 Å². The number of sulfonamides is 1. The van der Waals surface area contributed by atoms with Crippen LogP contribution in [-0.2, 0) is 14.8 Å². The largest absolute Gasteiger partial charge is 0.376 e. The van der Waals surface area contributed by atoms with E-state index < -0.39 is 10.0 Å². The Labute approximate surface area is 205 Å². The Bertz CT molecular complexity index is 1200. The molecule has 2 N–H and O–H groups in total. The van der Waals surface area contributed by atoms with Gasteiger partial charge in [-0.1, -0.05) is 18.2 Å². The first-order chi connectivity index (χ1) is 16.3. The van der Waals surface area contributed by atoms with Gasteiger partial charge in [0.1, 0.15) is 4.21 Å². The smallest absolute Gasteiger partial charge is 0.273 e. The Morgan fingerprint density at radius 1 is 1.00 bits per heavy atom. The summed E-state index contributed by atoms with van der Waals surface area (Å²) in [6, 6.07) is 20.0. The lowest BCUT2D eigenvalue weighted by Gasteiger charge is -2.28. The molecule has 1 aliphatic heterocycles. The molecule has 3 aromatic rings. The van der Waals surface area contributed by atoms with Crippen molar-refractivity contribution in [2.75, 3.05) is 48.7 Å². The molecule has 9 heteroatoms. The van der Waals surface area contributed by atoms with E-state index in [1.165, 1.54) is 15.6 Å². The highest BCUT2D eigenvalue weighted by Gasteiger charge is 2.26. The van der Waals surface area contributed by atoms with Crippen LogP contribution in [0, 0.1) is 0 Å². The predicted molar refractivity (Wildman–Crippen MR) is 139 cm³/mol. The number of rotatable bonds is 8. The summed E-state index contributed by atoms with van der Waals surface area (Å²) in [5.74, 6) is 0.271. The number of amides is 1. The molecule has 180 valence electrons. The van der Waals surface area contributed by atoms with Crippen LogP contribution in [-0.4, -0.2) is 53.0 Å². The minimum absolute atomic E-state index is 0.108. The highest BCUT2D eigenvalue weighted by atomic mass is 32.2. The number of carbonyl (C=O) groups is 1. The highest BCUT2D eigenvalue weighted by Crippen LogP contribution is 2.36. The Morgan fingerprint density at radius 2 is 1.68 bits per heavy atom. The van der Waals surface area contributed by atoms with Gasteiger partial charge in [0, 0.05) is 23.3 Å². The van der Waals surface area contributed by atoms with E-state index in [4.69, 9.17) is 0 Å². The molecule has 34 heavy (non-hydrogen) atoms. The quantitative estimate of drug-likeness (QED) is 0.480. The van der Waals surface area contributed by atoms with Crippen molar-refractivity contribution >= 4 is 44.3 Å². The zero-order valence-electron chi connectivity index (χ0n) is 19.4. The topological polar surface area (TPSA) is 81.8 Å². The van der Waals surface area contributed by atoms with Gasteiger partial charge in [-0.2, -0.15) is 0 Å². The van der Waals surface area contributed by atoms with Crippen molar-refractivity contribution in [3.63, 3.8) is 0 Å². The van der Waals surface area contributed by atoms with Crippen molar-refractivity contribution in [2.45, 2.75) is 23.0 Å². The summed E-state index contributed by atoms with van der Waals surface area (Å²) in [6.07, 6.45) is 2.12. The van der Waals surface area contributed by atoms with Crippen LogP contribution >= 0.6 is 11.3 Å². The molecule has 2 aromatic carbocycles. The lowest BCUT2D eigenvalue weighted by molar-refractivity contribution is -0.114. The maximum atomic E-state index is 13.2. The molecule has 0 saturated carbocycles. The van der Waals surface area contributed by atoms with Crippen LogP contribution in [0.5, 0.6) is 0 Å². The second kappa shape index (κ2) is 10.6. The third kappa shape index (κ3) is 5.78. The number of thiophene rings is 1. The zero-order valence-corrected chi connectivity index (χ0v) is 21.0. The first-order valence-corrected chi connectivity index (χ1v) is 13.5. The van der Waals surface area contributed by atoms with E-state index in [-0.39, 0.29) is 12.5 Å². The number of likely N-dealkylation sites (tertiary alicyclic amines) is 1. The number of benzene rings is 2. The van der Waals surface area contributed by atoms with E-state index in [1.54, 1.807) is 37.4 Å². The van der Waals surface area contributed by atoms with Crippen molar-refractivity contribution in [3.8, 4) is 0 Å². The minimum atomic E-state index is -3.64. The fourth-order valence-electron chi connectivity index (χ4n) is 3.96. The van der Waals surface area contributed by atoms with Gasteiger partial charge in [0.05, 0.1) is 12.2 Å². The molecule has 0 aliphatic carbocycles. The molecule has 1 aliphatic rings. The molecule has 0 unspecified atom stereocenters.